The Morgan fingerprint density at radius 1 is 1.03 bits per heavy atom. The summed E-state index contributed by atoms with van der Waals surface area (Å²) in [7, 11) is 0. The van der Waals surface area contributed by atoms with Crippen LogP contribution in [0, 0.1) is 6.92 Å². The number of amides is 1. The first-order chi connectivity index (χ1) is 14.1. The molecular weight excluding hydrogens is 366 g/mol. The fraction of sp³-hybridized carbons (Fsp3) is 0.130. The standard InChI is InChI=1S/C23H21N3O3/c1-16(20-15-24-26(17(20)2)18-9-5-3-6-10-18)25-23(27)21-13-14-22(29-21)28-19-11-7-4-8-12-19/h3-16H,1-2H3,(H,25,27)/t16-/m0/s1. The van der Waals surface area contributed by atoms with E-state index in [0.717, 1.165) is 16.9 Å². The minimum atomic E-state index is -0.313. The molecule has 0 fully saturated rings. The zero-order chi connectivity index (χ0) is 20.2. The summed E-state index contributed by atoms with van der Waals surface area (Å²) >= 11 is 0. The van der Waals surface area contributed by atoms with Gasteiger partial charge in [0.2, 0.25) is 0 Å². The monoisotopic (exact) mass is 387 g/mol. The minimum absolute atomic E-state index is 0.191. The SMILES string of the molecule is Cc1c([C@H](C)NC(=O)c2ccc(Oc3ccccc3)o2)cnn1-c1ccccc1. The van der Waals surface area contributed by atoms with Crippen LogP contribution in [0.15, 0.2) is 83.4 Å². The normalized spacial score (nSPS) is 11.8. The van der Waals surface area contributed by atoms with Crippen molar-refractivity contribution in [2.75, 3.05) is 0 Å². The van der Waals surface area contributed by atoms with Crippen molar-refractivity contribution >= 4 is 5.91 Å². The maximum absolute atomic E-state index is 12.6. The van der Waals surface area contributed by atoms with Gasteiger partial charge in [-0.15, -0.1) is 0 Å². The molecule has 4 aromatic rings. The third-order valence-electron chi connectivity index (χ3n) is 4.63. The van der Waals surface area contributed by atoms with Gasteiger partial charge < -0.3 is 14.5 Å². The van der Waals surface area contributed by atoms with E-state index in [0.29, 0.717) is 5.75 Å². The first-order valence-corrected chi connectivity index (χ1v) is 9.35. The number of rotatable bonds is 6. The third-order valence-corrected chi connectivity index (χ3v) is 4.63. The third kappa shape index (κ3) is 4.06. The smallest absolute Gasteiger partial charge is 0.290 e. The lowest BCUT2D eigenvalue weighted by Gasteiger charge is -2.13. The van der Waals surface area contributed by atoms with Crippen LogP contribution in [0.25, 0.3) is 5.69 Å². The number of carbonyl (C=O) groups is 1. The predicted octanol–water partition coefficient (Wildman–Crippen LogP) is 5.06. The fourth-order valence-electron chi connectivity index (χ4n) is 3.12. The fourth-order valence-corrected chi connectivity index (χ4v) is 3.12. The van der Waals surface area contributed by atoms with E-state index in [1.165, 1.54) is 0 Å². The molecule has 0 spiro atoms. The lowest BCUT2D eigenvalue weighted by atomic mass is 10.1. The van der Waals surface area contributed by atoms with Crippen LogP contribution in [0.1, 0.15) is 34.8 Å². The van der Waals surface area contributed by atoms with Crippen molar-refractivity contribution in [3.05, 3.63) is 96.0 Å². The van der Waals surface area contributed by atoms with Crippen molar-refractivity contribution in [2.45, 2.75) is 19.9 Å². The summed E-state index contributed by atoms with van der Waals surface area (Å²) in [5.41, 5.74) is 2.88. The average Bonchev–Trinajstić information content (AvgIpc) is 3.36. The lowest BCUT2D eigenvalue weighted by molar-refractivity contribution is 0.0907. The molecule has 2 heterocycles. The summed E-state index contributed by atoms with van der Waals surface area (Å²) in [6.45, 7) is 3.90. The Balaban J connectivity index is 1.45. The molecule has 6 nitrogen and oxygen atoms in total. The molecule has 2 aromatic heterocycles. The van der Waals surface area contributed by atoms with Gasteiger partial charge in [0, 0.05) is 17.3 Å². The van der Waals surface area contributed by atoms with Gasteiger partial charge in [-0.2, -0.15) is 5.10 Å². The second-order valence-corrected chi connectivity index (χ2v) is 6.66. The van der Waals surface area contributed by atoms with Gasteiger partial charge in [-0.3, -0.25) is 4.79 Å². The summed E-state index contributed by atoms with van der Waals surface area (Å²) in [4.78, 5) is 12.6. The molecule has 4 rings (SSSR count). The molecule has 1 amide bonds. The summed E-state index contributed by atoms with van der Waals surface area (Å²) in [5.74, 6) is 0.788. The van der Waals surface area contributed by atoms with Gasteiger partial charge in [-0.25, -0.2) is 4.68 Å². The highest BCUT2D eigenvalue weighted by atomic mass is 16.6. The average molecular weight is 387 g/mol. The molecule has 0 unspecified atom stereocenters. The van der Waals surface area contributed by atoms with Crippen LogP contribution >= 0.6 is 0 Å². The maximum Gasteiger partial charge on any atom is 0.290 e. The Bertz CT molecular complexity index is 1100. The molecule has 0 aliphatic rings. The van der Waals surface area contributed by atoms with E-state index >= 15 is 0 Å². The molecule has 0 saturated carbocycles. The first-order valence-electron chi connectivity index (χ1n) is 9.35. The lowest BCUT2D eigenvalue weighted by Crippen LogP contribution is -2.26. The Kier molecular flexibility index (Phi) is 5.16. The van der Waals surface area contributed by atoms with Gasteiger partial charge in [0.15, 0.2) is 5.76 Å². The number of nitrogens with zero attached hydrogens (tertiary/aromatic N) is 2. The van der Waals surface area contributed by atoms with Crippen LogP contribution in [0.3, 0.4) is 0 Å². The molecule has 146 valence electrons. The van der Waals surface area contributed by atoms with E-state index in [2.05, 4.69) is 10.4 Å². The molecular formula is C23H21N3O3. The van der Waals surface area contributed by atoms with E-state index in [1.807, 2.05) is 79.2 Å². The van der Waals surface area contributed by atoms with E-state index < -0.39 is 0 Å². The summed E-state index contributed by atoms with van der Waals surface area (Å²) in [6.07, 6.45) is 1.78. The number of nitrogens with one attached hydrogen (secondary N) is 1. The van der Waals surface area contributed by atoms with Gasteiger partial charge in [-0.1, -0.05) is 36.4 Å². The summed E-state index contributed by atoms with van der Waals surface area (Å²) < 4.78 is 13.0. The molecule has 2 aromatic carbocycles. The highest BCUT2D eigenvalue weighted by Crippen LogP contribution is 2.24. The Morgan fingerprint density at radius 2 is 1.72 bits per heavy atom. The van der Waals surface area contributed by atoms with Crippen molar-refractivity contribution < 1.29 is 13.9 Å². The second kappa shape index (κ2) is 8.06. The second-order valence-electron chi connectivity index (χ2n) is 6.66. The van der Waals surface area contributed by atoms with Crippen LogP contribution in [0.5, 0.6) is 11.7 Å². The van der Waals surface area contributed by atoms with Crippen LogP contribution in [0.2, 0.25) is 0 Å². The zero-order valence-electron chi connectivity index (χ0n) is 16.2. The topological polar surface area (TPSA) is 69.3 Å². The van der Waals surface area contributed by atoms with Gasteiger partial charge in [0.05, 0.1) is 17.9 Å². The van der Waals surface area contributed by atoms with Crippen molar-refractivity contribution in [1.29, 1.82) is 0 Å². The van der Waals surface area contributed by atoms with E-state index in [9.17, 15) is 4.79 Å². The summed E-state index contributed by atoms with van der Waals surface area (Å²) in [6, 6.07) is 22.1. The van der Waals surface area contributed by atoms with Crippen molar-refractivity contribution in [1.82, 2.24) is 15.1 Å². The number of carbonyl (C=O) groups excluding carboxylic acids is 1. The highest BCUT2D eigenvalue weighted by Gasteiger charge is 2.19. The predicted molar refractivity (Wildman–Crippen MR) is 109 cm³/mol. The Hall–Kier alpha value is -3.80. The van der Waals surface area contributed by atoms with E-state index in [-0.39, 0.29) is 23.7 Å². The van der Waals surface area contributed by atoms with Gasteiger partial charge >= 0.3 is 0 Å². The highest BCUT2D eigenvalue weighted by molar-refractivity contribution is 5.91. The molecule has 6 heteroatoms. The molecule has 29 heavy (non-hydrogen) atoms. The molecule has 0 radical (unpaired) electrons. The molecule has 1 atom stereocenters. The number of ether oxygens (including phenoxy) is 1. The minimum Gasteiger partial charge on any atom is -0.426 e. The van der Waals surface area contributed by atoms with Crippen LogP contribution < -0.4 is 10.1 Å². The number of hydrogen-bond donors (Lipinski definition) is 1. The van der Waals surface area contributed by atoms with Crippen LogP contribution in [-0.4, -0.2) is 15.7 Å². The summed E-state index contributed by atoms with van der Waals surface area (Å²) in [5, 5.41) is 7.41. The van der Waals surface area contributed by atoms with Crippen LogP contribution in [0.4, 0.5) is 0 Å². The molecule has 0 aliphatic heterocycles. The molecule has 0 aliphatic carbocycles. The number of hydrogen-bond acceptors (Lipinski definition) is 4. The largest absolute Gasteiger partial charge is 0.426 e. The van der Waals surface area contributed by atoms with Gasteiger partial charge in [0.25, 0.3) is 11.9 Å². The zero-order valence-corrected chi connectivity index (χ0v) is 16.2. The quantitative estimate of drug-likeness (QED) is 0.502. The number of benzene rings is 2. The Labute approximate surface area is 168 Å². The van der Waals surface area contributed by atoms with Gasteiger partial charge in [-0.05, 0) is 44.2 Å². The van der Waals surface area contributed by atoms with Gasteiger partial charge in [0.1, 0.15) is 5.75 Å². The molecule has 0 bridgehead atoms. The van der Waals surface area contributed by atoms with Crippen molar-refractivity contribution in [3.8, 4) is 17.4 Å². The van der Waals surface area contributed by atoms with Crippen molar-refractivity contribution in [3.63, 3.8) is 0 Å². The van der Waals surface area contributed by atoms with E-state index in [1.54, 1.807) is 18.3 Å². The van der Waals surface area contributed by atoms with Crippen LogP contribution in [-0.2, 0) is 0 Å². The number of furan rings is 1. The number of aromatic nitrogens is 2. The first kappa shape index (κ1) is 18.6. The molecule has 1 N–H and O–H groups in total. The number of para-hydroxylation sites is 2. The maximum atomic E-state index is 12.6. The molecule has 0 saturated heterocycles. The van der Waals surface area contributed by atoms with E-state index in [4.69, 9.17) is 9.15 Å². The van der Waals surface area contributed by atoms with Crippen molar-refractivity contribution in [2.24, 2.45) is 0 Å². The Morgan fingerprint density at radius 3 is 2.45 bits per heavy atom.